The average molecular weight is 307 g/mol. The summed E-state index contributed by atoms with van der Waals surface area (Å²) in [6.07, 6.45) is 0. The molecule has 21 heavy (non-hydrogen) atoms. The number of nitro groups is 1. The van der Waals surface area contributed by atoms with Gasteiger partial charge >= 0.3 is 0 Å². The zero-order chi connectivity index (χ0) is 15.6. The summed E-state index contributed by atoms with van der Waals surface area (Å²) in [5.74, 6) is -0.401. The fourth-order valence-electron chi connectivity index (χ4n) is 1.80. The van der Waals surface area contributed by atoms with Crippen LogP contribution in [-0.4, -0.2) is 23.0 Å². The van der Waals surface area contributed by atoms with Crippen molar-refractivity contribution in [3.8, 4) is 5.75 Å². The third-order valence-electron chi connectivity index (χ3n) is 2.95. The summed E-state index contributed by atoms with van der Waals surface area (Å²) in [6.45, 7) is 0. The van der Waals surface area contributed by atoms with Crippen molar-refractivity contribution in [1.29, 1.82) is 0 Å². The predicted octanol–water partition coefficient (Wildman–Crippen LogP) is 3.23. The largest absolute Gasteiger partial charge is 0.508 e. The normalized spacial score (nSPS) is 10.2. The Hall–Kier alpha value is -2.60. The zero-order valence-corrected chi connectivity index (χ0v) is 11.7. The molecule has 108 valence electrons. The summed E-state index contributed by atoms with van der Waals surface area (Å²) in [5, 5.41) is 19.9. The molecule has 0 heterocycles. The summed E-state index contributed by atoms with van der Waals surface area (Å²) < 4.78 is 0. The Kier molecular flexibility index (Phi) is 4.09. The molecule has 2 rings (SSSR count). The minimum Gasteiger partial charge on any atom is -0.508 e. The van der Waals surface area contributed by atoms with Crippen LogP contribution in [0.1, 0.15) is 10.4 Å². The number of phenolic OH excluding ortho intramolecular Hbond substituents is 1. The van der Waals surface area contributed by atoms with Crippen LogP contribution in [-0.2, 0) is 0 Å². The monoisotopic (exact) mass is 306 g/mol. The van der Waals surface area contributed by atoms with Crippen LogP contribution in [0.2, 0.25) is 5.02 Å². The number of rotatable bonds is 3. The third-order valence-corrected chi connectivity index (χ3v) is 3.34. The van der Waals surface area contributed by atoms with Crippen LogP contribution in [0.4, 0.5) is 11.4 Å². The first kappa shape index (κ1) is 14.8. The second-order valence-corrected chi connectivity index (χ2v) is 4.65. The average Bonchev–Trinajstić information content (AvgIpc) is 2.46. The van der Waals surface area contributed by atoms with E-state index < -0.39 is 10.8 Å². The summed E-state index contributed by atoms with van der Waals surface area (Å²) in [6, 6.07) is 10.1. The Morgan fingerprint density at radius 1 is 1.24 bits per heavy atom. The highest BCUT2D eigenvalue weighted by molar-refractivity contribution is 6.36. The van der Waals surface area contributed by atoms with Crippen molar-refractivity contribution >= 4 is 28.9 Å². The van der Waals surface area contributed by atoms with Crippen molar-refractivity contribution < 1.29 is 14.8 Å². The molecule has 0 atom stereocenters. The number of benzene rings is 2. The van der Waals surface area contributed by atoms with Gasteiger partial charge in [-0.1, -0.05) is 17.7 Å². The van der Waals surface area contributed by atoms with Gasteiger partial charge < -0.3 is 10.0 Å². The first-order chi connectivity index (χ1) is 9.91. The van der Waals surface area contributed by atoms with Gasteiger partial charge in [0.25, 0.3) is 11.6 Å². The molecule has 0 spiro atoms. The molecular formula is C14H11ClN2O4. The number of halogens is 1. The lowest BCUT2D eigenvalue weighted by molar-refractivity contribution is -0.384. The summed E-state index contributed by atoms with van der Waals surface area (Å²) in [5.41, 5.74) is 0.253. The van der Waals surface area contributed by atoms with Crippen LogP contribution >= 0.6 is 11.6 Å². The van der Waals surface area contributed by atoms with E-state index >= 15 is 0 Å². The van der Waals surface area contributed by atoms with Gasteiger partial charge in [-0.3, -0.25) is 14.9 Å². The molecule has 2 aromatic rings. The lowest BCUT2D eigenvalue weighted by Gasteiger charge is -2.18. The molecule has 0 fully saturated rings. The first-order valence-corrected chi connectivity index (χ1v) is 6.29. The molecule has 2 aromatic carbocycles. The lowest BCUT2D eigenvalue weighted by atomic mass is 10.1. The number of hydrogen-bond acceptors (Lipinski definition) is 4. The topological polar surface area (TPSA) is 83.7 Å². The SMILES string of the molecule is CN(C(=O)c1cccc([N+](=O)[O-])c1Cl)c1ccc(O)cc1. The van der Waals surface area contributed by atoms with Gasteiger partial charge in [-0.05, 0) is 30.3 Å². The van der Waals surface area contributed by atoms with Gasteiger partial charge in [0, 0.05) is 18.8 Å². The van der Waals surface area contributed by atoms with Crippen LogP contribution < -0.4 is 4.90 Å². The van der Waals surface area contributed by atoms with Crippen molar-refractivity contribution in [3.05, 3.63) is 63.2 Å². The maximum Gasteiger partial charge on any atom is 0.288 e. The van der Waals surface area contributed by atoms with Crippen molar-refractivity contribution in [2.75, 3.05) is 11.9 Å². The van der Waals surface area contributed by atoms with Crippen molar-refractivity contribution in [2.45, 2.75) is 0 Å². The fraction of sp³-hybridized carbons (Fsp3) is 0.0714. The van der Waals surface area contributed by atoms with Crippen LogP contribution in [0.25, 0.3) is 0 Å². The quantitative estimate of drug-likeness (QED) is 0.697. The molecule has 0 unspecified atom stereocenters. The third kappa shape index (κ3) is 2.95. The molecule has 0 saturated heterocycles. The van der Waals surface area contributed by atoms with E-state index in [-0.39, 0.29) is 22.0 Å². The molecule has 7 heteroatoms. The van der Waals surface area contributed by atoms with Gasteiger partial charge in [-0.2, -0.15) is 0 Å². The fourth-order valence-corrected chi connectivity index (χ4v) is 2.08. The lowest BCUT2D eigenvalue weighted by Crippen LogP contribution is -2.26. The molecule has 0 aliphatic carbocycles. The van der Waals surface area contributed by atoms with E-state index in [9.17, 15) is 20.0 Å². The van der Waals surface area contributed by atoms with E-state index in [1.54, 1.807) is 12.1 Å². The van der Waals surface area contributed by atoms with Crippen molar-refractivity contribution in [2.24, 2.45) is 0 Å². The van der Waals surface area contributed by atoms with Gasteiger partial charge in [-0.15, -0.1) is 0 Å². The smallest absolute Gasteiger partial charge is 0.288 e. The van der Waals surface area contributed by atoms with Crippen molar-refractivity contribution in [3.63, 3.8) is 0 Å². The summed E-state index contributed by atoms with van der Waals surface area (Å²) in [7, 11) is 1.52. The number of anilines is 1. The highest BCUT2D eigenvalue weighted by Gasteiger charge is 2.22. The number of carbonyl (C=O) groups is 1. The molecule has 0 radical (unpaired) electrons. The Morgan fingerprint density at radius 3 is 2.43 bits per heavy atom. The van der Waals surface area contributed by atoms with Crippen LogP contribution in [0, 0.1) is 10.1 Å². The summed E-state index contributed by atoms with van der Waals surface area (Å²) in [4.78, 5) is 23.9. The highest BCUT2D eigenvalue weighted by atomic mass is 35.5. The first-order valence-electron chi connectivity index (χ1n) is 5.92. The number of hydrogen-bond donors (Lipinski definition) is 1. The van der Waals surface area contributed by atoms with E-state index in [4.69, 9.17) is 11.6 Å². The molecule has 0 saturated carbocycles. The molecule has 0 aliphatic rings. The molecule has 0 aliphatic heterocycles. The number of carbonyl (C=O) groups excluding carboxylic acids is 1. The number of phenols is 1. The molecular weight excluding hydrogens is 296 g/mol. The maximum atomic E-state index is 12.4. The molecule has 0 bridgehead atoms. The van der Waals surface area contributed by atoms with E-state index in [2.05, 4.69) is 0 Å². The molecule has 0 aromatic heterocycles. The summed E-state index contributed by atoms with van der Waals surface area (Å²) >= 11 is 5.93. The van der Waals surface area contributed by atoms with Gasteiger partial charge in [0.15, 0.2) is 0 Å². The Balaban J connectivity index is 2.38. The van der Waals surface area contributed by atoms with Gasteiger partial charge in [0.05, 0.1) is 10.5 Å². The van der Waals surface area contributed by atoms with Crippen LogP contribution in [0.5, 0.6) is 5.75 Å². The minimum absolute atomic E-state index is 0.0430. The Morgan fingerprint density at radius 2 is 1.86 bits per heavy atom. The molecule has 6 nitrogen and oxygen atoms in total. The van der Waals surface area contributed by atoms with E-state index in [0.717, 1.165) is 0 Å². The van der Waals surface area contributed by atoms with Gasteiger partial charge in [-0.25, -0.2) is 0 Å². The number of aromatic hydroxyl groups is 1. The second-order valence-electron chi connectivity index (χ2n) is 4.28. The number of nitrogens with zero attached hydrogens (tertiary/aromatic N) is 2. The highest BCUT2D eigenvalue weighted by Crippen LogP contribution is 2.29. The molecule has 1 amide bonds. The van der Waals surface area contributed by atoms with E-state index in [0.29, 0.717) is 5.69 Å². The van der Waals surface area contributed by atoms with Gasteiger partial charge in [0.2, 0.25) is 0 Å². The van der Waals surface area contributed by atoms with E-state index in [1.165, 1.54) is 42.3 Å². The van der Waals surface area contributed by atoms with E-state index in [1.807, 2.05) is 0 Å². The van der Waals surface area contributed by atoms with Crippen LogP contribution in [0.15, 0.2) is 42.5 Å². The predicted molar refractivity (Wildman–Crippen MR) is 78.9 cm³/mol. The standard InChI is InChI=1S/C14H11ClN2O4/c1-16(9-5-7-10(18)8-6-9)14(19)11-3-2-4-12(13(11)15)17(20)21/h2-8,18H,1H3. The zero-order valence-electron chi connectivity index (χ0n) is 11.0. The van der Waals surface area contributed by atoms with Crippen LogP contribution in [0.3, 0.4) is 0 Å². The van der Waals surface area contributed by atoms with Gasteiger partial charge in [0.1, 0.15) is 10.8 Å². The minimum atomic E-state index is -0.639. The Labute approximate surface area is 125 Å². The number of amides is 1. The number of nitro benzene ring substituents is 1. The second kappa shape index (κ2) is 5.80. The maximum absolute atomic E-state index is 12.4. The van der Waals surface area contributed by atoms with Crippen molar-refractivity contribution in [1.82, 2.24) is 0 Å². The Bertz CT molecular complexity index is 701. The molecule has 1 N–H and O–H groups in total.